The van der Waals surface area contributed by atoms with Crippen LogP contribution in [-0.2, 0) is 0 Å². The lowest BCUT2D eigenvalue weighted by Crippen LogP contribution is -2.19. The van der Waals surface area contributed by atoms with E-state index in [1.807, 2.05) is 6.07 Å². The number of hydrogen-bond donors (Lipinski definition) is 1. The lowest BCUT2D eigenvalue weighted by Gasteiger charge is -2.31. The summed E-state index contributed by atoms with van der Waals surface area (Å²) < 4.78 is 13.9. The highest BCUT2D eigenvalue weighted by atomic mass is 35.5. The van der Waals surface area contributed by atoms with Crippen molar-refractivity contribution in [2.24, 2.45) is 0 Å². The van der Waals surface area contributed by atoms with Crippen LogP contribution in [-0.4, -0.2) is 0 Å². The van der Waals surface area contributed by atoms with E-state index in [0.717, 1.165) is 12.8 Å². The molecule has 2 aromatic carbocycles. The van der Waals surface area contributed by atoms with E-state index in [-0.39, 0.29) is 11.9 Å². The Morgan fingerprint density at radius 3 is 2.60 bits per heavy atom. The summed E-state index contributed by atoms with van der Waals surface area (Å²) >= 11 is 5.79. The van der Waals surface area contributed by atoms with E-state index in [0.29, 0.717) is 16.6 Å². The number of anilines is 1. The molecule has 0 heterocycles. The van der Waals surface area contributed by atoms with Crippen LogP contribution in [0.25, 0.3) is 0 Å². The van der Waals surface area contributed by atoms with E-state index in [1.165, 1.54) is 17.2 Å². The molecule has 0 aromatic heterocycles. The molecule has 0 aliphatic heterocycles. The third-order valence-corrected chi connectivity index (χ3v) is 4.29. The molecule has 1 aliphatic rings. The third kappa shape index (κ3) is 2.53. The molecule has 2 atom stereocenters. The van der Waals surface area contributed by atoms with E-state index >= 15 is 0 Å². The average molecular weight is 290 g/mol. The van der Waals surface area contributed by atoms with E-state index in [4.69, 9.17) is 11.6 Å². The molecule has 1 nitrogen and oxygen atoms in total. The average Bonchev–Trinajstić information content (AvgIpc) is 2.45. The summed E-state index contributed by atoms with van der Waals surface area (Å²) in [6.45, 7) is 2.25. The Labute approximate surface area is 123 Å². The van der Waals surface area contributed by atoms with Gasteiger partial charge in [0.25, 0.3) is 0 Å². The maximum Gasteiger partial charge on any atom is 0.147 e. The first-order chi connectivity index (χ1) is 9.65. The fourth-order valence-corrected chi connectivity index (χ4v) is 3.11. The van der Waals surface area contributed by atoms with Crippen LogP contribution in [0.4, 0.5) is 10.1 Å². The Balaban J connectivity index is 1.90. The second-order valence-corrected chi connectivity index (χ2v) is 5.86. The molecule has 20 heavy (non-hydrogen) atoms. The van der Waals surface area contributed by atoms with Gasteiger partial charge in [-0.3, -0.25) is 0 Å². The normalized spacial score (nSPS) is 21.4. The molecule has 0 amide bonds. The van der Waals surface area contributed by atoms with Gasteiger partial charge in [0, 0.05) is 5.02 Å². The van der Waals surface area contributed by atoms with Gasteiger partial charge in [-0.15, -0.1) is 0 Å². The quantitative estimate of drug-likeness (QED) is 0.766. The molecule has 0 bridgehead atoms. The molecule has 0 saturated carbocycles. The molecule has 0 radical (unpaired) electrons. The minimum atomic E-state index is -0.298. The van der Waals surface area contributed by atoms with Crippen molar-refractivity contribution in [1.82, 2.24) is 0 Å². The standard InChI is InChI=1S/C17H17ClFN/c1-11-6-8-16(14-5-3-2-4-13(11)14)20-17-9-7-12(18)10-15(17)19/h2-5,7,9-11,16,20H,6,8H2,1H3. The van der Waals surface area contributed by atoms with Gasteiger partial charge in [0.1, 0.15) is 5.82 Å². The van der Waals surface area contributed by atoms with Crippen LogP contribution >= 0.6 is 11.6 Å². The van der Waals surface area contributed by atoms with Crippen LogP contribution in [0.5, 0.6) is 0 Å². The van der Waals surface area contributed by atoms with Crippen LogP contribution in [0.2, 0.25) is 5.02 Å². The molecule has 1 N–H and O–H groups in total. The Hall–Kier alpha value is -1.54. The SMILES string of the molecule is CC1CCC(Nc2ccc(Cl)cc2F)c2ccccc21. The number of fused-ring (bicyclic) bond motifs is 1. The van der Waals surface area contributed by atoms with Crippen molar-refractivity contribution in [3.63, 3.8) is 0 Å². The van der Waals surface area contributed by atoms with Crippen molar-refractivity contribution >= 4 is 17.3 Å². The van der Waals surface area contributed by atoms with Gasteiger partial charge < -0.3 is 5.32 Å². The molecule has 3 heteroatoms. The van der Waals surface area contributed by atoms with Crippen molar-refractivity contribution < 1.29 is 4.39 Å². The molecule has 0 spiro atoms. The predicted molar refractivity (Wildman–Crippen MR) is 81.9 cm³/mol. The molecule has 0 fully saturated rings. The van der Waals surface area contributed by atoms with Gasteiger partial charge in [0.05, 0.1) is 11.7 Å². The van der Waals surface area contributed by atoms with E-state index < -0.39 is 0 Å². The minimum absolute atomic E-state index is 0.165. The lowest BCUT2D eigenvalue weighted by atomic mass is 9.81. The van der Waals surface area contributed by atoms with Gasteiger partial charge in [-0.2, -0.15) is 0 Å². The topological polar surface area (TPSA) is 12.0 Å². The monoisotopic (exact) mass is 289 g/mol. The third-order valence-electron chi connectivity index (χ3n) is 4.05. The Morgan fingerprint density at radius 1 is 1.10 bits per heavy atom. The van der Waals surface area contributed by atoms with Gasteiger partial charge in [0.2, 0.25) is 0 Å². The Morgan fingerprint density at radius 2 is 1.85 bits per heavy atom. The fourth-order valence-electron chi connectivity index (χ4n) is 2.95. The molecular formula is C17H17ClFN. The molecule has 1 aliphatic carbocycles. The number of nitrogens with one attached hydrogen (secondary N) is 1. The summed E-state index contributed by atoms with van der Waals surface area (Å²) in [4.78, 5) is 0. The molecule has 2 unspecified atom stereocenters. The maximum absolute atomic E-state index is 13.9. The van der Waals surface area contributed by atoms with Gasteiger partial charge in [-0.1, -0.05) is 42.8 Å². The number of benzene rings is 2. The Bertz CT molecular complexity index is 626. The molecular weight excluding hydrogens is 273 g/mol. The van der Waals surface area contributed by atoms with Gasteiger partial charge in [-0.05, 0) is 48.1 Å². The van der Waals surface area contributed by atoms with Crippen molar-refractivity contribution in [2.75, 3.05) is 5.32 Å². The van der Waals surface area contributed by atoms with E-state index in [9.17, 15) is 4.39 Å². The number of rotatable bonds is 2. The van der Waals surface area contributed by atoms with Crippen LogP contribution < -0.4 is 5.32 Å². The van der Waals surface area contributed by atoms with Crippen molar-refractivity contribution in [3.05, 3.63) is 64.4 Å². The van der Waals surface area contributed by atoms with Gasteiger partial charge >= 0.3 is 0 Å². The number of halogens is 2. The first-order valence-electron chi connectivity index (χ1n) is 6.95. The van der Waals surface area contributed by atoms with E-state index in [2.05, 4.69) is 30.4 Å². The van der Waals surface area contributed by atoms with E-state index in [1.54, 1.807) is 12.1 Å². The fraction of sp³-hybridized carbons (Fsp3) is 0.294. The van der Waals surface area contributed by atoms with Crippen molar-refractivity contribution in [1.29, 1.82) is 0 Å². The van der Waals surface area contributed by atoms with Crippen molar-refractivity contribution in [3.8, 4) is 0 Å². The first kappa shape index (κ1) is 13.4. The van der Waals surface area contributed by atoms with Gasteiger partial charge in [-0.25, -0.2) is 4.39 Å². The largest absolute Gasteiger partial charge is 0.376 e. The van der Waals surface area contributed by atoms with Crippen LogP contribution in [0.1, 0.15) is 42.9 Å². The smallest absolute Gasteiger partial charge is 0.147 e. The lowest BCUT2D eigenvalue weighted by molar-refractivity contribution is 0.531. The summed E-state index contributed by atoms with van der Waals surface area (Å²) in [6.07, 6.45) is 2.13. The Kier molecular flexibility index (Phi) is 3.66. The first-order valence-corrected chi connectivity index (χ1v) is 7.33. The highest BCUT2D eigenvalue weighted by molar-refractivity contribution is 6.30. The molecule has 3 rings (SSSR count). The summed E-state index contributed by atoms with van der Waals surface area (Å²) in [6, 6.07) is 13.4. The zero-order valence-electron chi connectivity index (χ0n) is 11.4. The van der Waals surface area contributed by atoms with Crippen molar-refractivity contribution in [2.45, 2.75) is 31.7 Å². The minimum Gasteiger partial charge on any atom is -0.376 e. The maximum atomic E-state index is 13.9. The van der Waals surface area contributed by atoms with Gasteiger partial charge in [0.15, 0.2) is 0 Å². The van der Waals surface area contributed by atoms with Crippen LogP contribution in [0.3, 0.4) is 0 Å². The highest BCUT2D eigenvalue weighted by Gasteiger charge is 2.24. The second-order valence-electron chi connectivity index (χ2n) is 5.43. The number of hydrogen-bond acceptors (Lipinski definition) is 1. The summed E-state index contributed by atoms with van der Waals surface area (Å²) in [5.41, 5.74) is 3.16. The summed E-state index contributed by atoms with van der Waals surface area (Å²) in [5, 5.41) is 3.74. The molecule has 0 saturated heterocycles. The summed E-state index contributed by atoms with van der Waals surface area (Å²) in [7, 11) is 0. The highest BCUT2D eigenvalue weighted by Crippen LogP contribution is 2.39. The zero-order valence-corrected chi connectivity index (χ0v) is 12.1. The summed E-state index contributed by atoms with van der Waals surface area (Å²) in [5.74, 6) is 0.271. The van der Waals surface area contributed by atoms with Crippen LogP contribution in [0, 0.1) is 5.82 Å². The molecule has 104 valence electrons. The predicted octanol–water partition coefficient (Wildman–Crippen LogP) is 5.53. The van der Waals surface area contributed by atoms with Crippen LogP contribution in [0.15, 0.2) is 42.5 Å². The second kappa shape index (κ2) is 5.45. The zero-order chi connectivity index (χ0) is 14.1. The molecule has 2 aromatic rings.